The summed E-state index contributed by atoms with van der Waals surface area (Å²) in [6, 6.07) is 14.0. The van der Waals surface area contributed by atoms with Gasteiger partial charge in [0.2, 0.25) is 11.8 Å². The third kappa shape index (κ3) is 3.34. The number of fused-ring (bicyclic) bond motifs is 1. The number of esters is 1. The standard InChI is InChI=1S/C20H18ClNO5/c1-26-18(12-6-4-3-5-7-12)17-14-9-8-13(20(25)27-2)10-15(14)22(19(17)24)16(23)11-21/h3-10,17-18H,11H2,1-2H3. The van der Waals surface area contributed by atoms with Crippen LogP contribution in [0, 0.1) is 0 Å². The van der Waals surface area contributed by atoms with Gasteiger partial charge in [0, 0.05) is 7.11 Å². The molecule has 6 nitrogen and oxygen atoms in total. The lowest BCUT2D eigenvalue weighted by molar-refractivity contribution is -0.127. The Kier molecular flexibility index (Phi) is 5.58. The van der Waals surface area contributed by atoms with E-state index >= 15 is 0 Å². The highest BCUT2D eigenvalue weighted by Gasteiger charge is 2.45. The predicted molar refractivity (Wildman–Crippen MR) is 99.9 cm³/mol. The number of methoxy groups -OCH3 is 2. The predicted octanol–water partition coefficient (Wildman–Crippen LogP) is 3.06. The molecule has 27 heavy (non-hydrogen) atoms. The van der Waals surface area contributed by atoms with Gasteiger partial charge in [-0.3, -0.25) is 9.59 Å². The molecule has 0 bridgehead atoms. The summed E-state index contributed by atoms with van der Waals surface area (Å²) in [5.74, 6) is -2.64. The number of carbonyl (C=O) groups excluding carboxylic acids is 3. The fourth-order valence-corrected chi connectivity index (χ4v) is 3.47. The molecule has 3 rings (SSSR count). The number of ether oxygens (including phenoxy) is 2. The van der Waals surface area contributed by atoms with E-state index in [2.05, 4.69) is 0 Å². The number of hydrogen-bond donors (Lipinski definition) is 0. The molecule has 0 saturated carbocycles. The lowest BCUT2D eigenvalue weighted by atomic mass is 9.89. The number of nitrogens with zero attached hydrogens (tertiary/aromatic N) is 1. The van der Waals surface area contributed by atoms with Crippen molar-refractivity contribution in [1.29, 1.82) is 0 Å². The van der Waals surface area contributed by atoms with Crippen molar-refractivity contribution in [2.45, 2.75) is 12.0 Å². The summed E-state index contributed by atoms with van der Waals surface area (Å²) < 4.78 is 10.4. The third-order valence-electron chi connectivity index (χ3n) is 4.56. The largest absolute Gasteiger partial charge is 0.465 e. The Bertz CT molecular complexity index is 883. The maximum absolute atomic E-state index is 13.1. The molecule has 2 aromatic carbocycles. The van der Waals surface area contributed by atoms with Gasteiger partial charge < -0.3 is 9.47 Å². The van der Waals surface area contributed by atoms with E-state index in [9.17, 15) is 14.4 Å². The molecule has 2 atom stereocenters. The molecule has 0 aromatic heterocycles. The van der Waals surface area contributed by atoms with E-state index in [0.29, 0.717) is 11.3 Å². The fourth-order valence-electron chi connectivity index (χ4n) is 3.35. The fraction of sp³-hybridized carbons (Fsp3) is 0.250. The number of amides is 2. The van der Waals surface area contributed by atoms with E-state index in [-0.39, 0.29) is 11.4 Å². The van der Waals surface area contributed by atoms with E-state index in [4.69, 9.17) is 21.1 Å². The van der Waals surface area contributed by atoms with Crippen molar-refractivity contribution in [3.63, 3.8) is 0 Å². The summed E-state index contributed by atoms with van der Waals surface area (Å²) >= 11 is 5.71. The van der Waals surface area contributed by atoms with Gasteiger partial charge in [0.25, 0.3) is 0 Å². The van der Waals surface area contributed by atoms with Crippen LogP contribution < -0.4 is 4.90 Å². The minimum Gasteiger partial charge on any atom is -0.465 e. The van der Waals surface area contributed by atoms with Gasteiger partial charge in [-0.15, -0.1) is 11.6 Å². The average Bonchev–Trinajstić information content (AvgIpc) is 2.99. The summed E-state index contributed by atoms with van der Waals surface area (Å²) in [4.78, 5) is 38.4. The first-order valence-electron chi connectivity index (χ1n) is 8.26. The lowest BCUT2D eigenvalue weighted by Crippen LogP contribution is -2.37. The highest BCUT2D eigenvalue weighted by molar-refractivity contribution is 6.34. The number of rotatable bonds is 5. The molecule has 1 aliphatic heterocycles. The molecule has 0 spiro atoms. The quantitative estimate of drug-likeness (QED) is 0.582. The molecule has 2 unspecified atom stereocenters. The van der Waals surface area contributed by atoms with Gasteiger partial charge in [0.15, 0.2) is 0 Å². The molecule has 7 heteroatoms. The molecule has 0 radical (unpaired) electrons. The third-order valence-corrected chi connectivity index (χ3v) is 4.79. The van der Waals surface area contributed by atoms with Crippen LogP contribution in [-0.4, -0.2) is 37.9 Å². The summed E-state index contributed by atoms with van der Waals surface area (Å²) in [7, 11) is 2.78. The maximum Gasteiger partial charge on any atom is 0.337 e. The molecule has 0 saturated heterocycles. The van der Waals surface area contributed by atoms with Crippen LogP contribution in [0.25, 0.3) is 0 Å². The Morgan fingerprint density at radius 1 is 1.15 bits per heavy atom. The van der Waals surface area contributed by atoms with Crippen LogP contribution in [0.3, 0.4) is 0 Å². The van der Waals surface area contributed by atoms with Gasteiger partial charge in [0.05, 0.1) is 30.4 Å². The van der Waals surface area contributed by atoms with Crippen molar-refractivity contribution in [1.82, 2.24) is 0 Å². The van der Waals surface area contributed by atoms with E-state index < -0.39 is 29.8 Å². The topological polar surface area (TPSA) is 72.9 Å². The van der Waals surface area contributed by atoms with Crippen molar-refractivity contribution in [2.75, 3.05) is 25.0 Å². The first kappa shape index (κ1) is 19.1. The summed E-state index contributed by atoms with van der Waals surface area (Å²) in [5, 5.41) is 0. The van der Waals surface area contributed by atoms with Crippen molar-refractivity contribution in [3.05, 3.63) is 65.2 Å². The zero-order chi connectivity index (χ0) is 19.6. The van der Waals surface area contributed by atoms with Crippen molar-refractivity contribution < 1.29 is 23.9 Å². The smallest absolute Gasteiger partial charge is 0.337 e. The molecular formula is C20H18ClNO5. The lowest BCUT2D eigenvalue weighted by Gasteiger charge is -2.22. The Hall–Kier alpha value is -2.70. The molecule has 1 heterocycles. The van der Waals surface area contributed by atoms with Gasteiger partial charge in [-0.05, 0) is 23.3 Å². The first-order valence-corrected chi connectivity index (χ1v) is 8.79. The number of hydrogen-bond acceptors (Lipinski definition) is 5. The van der Waals surface area contributed by atoms with Gasteiger partial charge in [-0.25, -0.2) is 9.69 Å². The minimum absolute atomic E-state index is 0.241. The van der Waals surface area contributed by atoms with Gasteiger partial charge in [-0.1, -0.05) is 36.4 Å². The van der Waals surface area contributed by atoms with Crippen LogP contribution in [-0.2, 0) is 19.1 Å². The number of benzene rings is 2. The highest BCUT2D eigenvalue weighted by atomic mass is 35.5. The Labute approximate surface area is 161 Å². The van der Waals surface area contributed by atoms with Crippen molar-refractivity contribution in [2.24, 2.45) is 0 Å². The first-order chi connectivity index (χ1) is 13.0. The second kappa shape index (κ2) is 7.90. The molecule has 2 aromatic rings. The number of halogens is 1. The number of anilines is 1. The Morgan fingerprint density at radius 3 is 2.44 bits per heavy atom. The second-order valence-corrected chi connectivity index (χ2v) is 6.28. The molecule has 0 fully saturated rings. The molecular weight excluding hydrogens is 370 g/mol. The minimum atomic E-state index is -0.730. The molecule has 2 amide bonds. The normalized spacial score (nSPS) is 16.8. The van der Waals surface area contributed by atoms with Crippen molar-refractivity contribution >= 4 is 35.1 Å². The monoisotopic (exact) mass is 387 g/mol. The molecule has 140 valence electrons. The van der Waals surface area contributed by atoms with Crippen LogP contribution in [0.5, 0.6) is 0 Å². The van der Waals surface area contributed by atoms with E-state index in [1.165, 1.54) is 20.3 Å². The number of imide groups is 1. The zero-order valence-electron chi connectivity index (χ0n) is 14.8. The molecule has 0 aliphatic carbocycles. The highest BCUT2D eigenvalue weighted by Crippen LogP contribution is 2.45. The van der Waals surface area contributed by atoms with Gasteiger partial charge in [-0.2, -0.15) is 0 Å². The van der Waals surface area contributed by atoms with Crippen molar-refractivity contribution in [3.8, 4) is 0 Å². The summed E-state index contributed by atoms with van der Waals surface area (Å²) in [6.45, 7) is 0. The zero-order valence-corrected chi connectivity index (χ0v) is 15.6. The second-order valence-electron chi connectivity index (χ2n) is 6.01. The van der Waals surface area contributed by atoms with E-state index in [1.54, 1.807) is 12.1 Å². The number of alkyl halides is 1. The average molecular weight is 388 g/mol. The van der Waals surface area contributed by atoms with Crippen LogP contribution in [0.1, 0.15) is 33.5 Å². The maximum atomic E-state index is 13.1. The number of carbonyl (C=O) groups is 3. The van der Waals surface area contributed by atoms with Gasteiger partial charge in [0.1, 0.15) is 5.88 Å². The van der Waals surface area contributed by atoms with E-state index in [0.717, 1.165) is 10.5 Å². The Morgan fingerprint density at radius 2 is 1.85 bits per heavy atom. The van der Waals surface area contributed by atoms with Crippen LogP contribution in [0.2, 0.25) is 0 Å². The van der Waals surface area contributed by atoms with Gasteiger partial charge >= 0.3 is 5.97 Å². The molecule has 0 N–H and O–H groups in total. The Balaban J connectivity index is 2.14. The SMILES string of the molecule is COC(=O)c1ccc2c(c1)N(C(=O)CCl)C(=O)C2C(OC)c1ccccc1. The molecule has 1 aliphatic rings. The van der Waals surface area contributed by atoms with Crippen LogP contribution >= 0.6 is 11.6 Å². The van der Waals surface area contributed by atoms with E-state index in [1.807, 2.05) is 30.3 Å². The summed E-state index contributed by atoms with van der Waals surface area (Å²) in [6.07, 6.45) is -0.588. The van der Waals surface area contributed by atoms with Crippen LogP contribution in [0.15, 0.2) is 48.5 Å². The summed E-state index contributed by atoms with van der Waals surface area (Å²) in [5.41, 5.74) is 1.98. The van der Waals surface area contributed by atoms with Crippen LogP contribution in [0.4, 0.5) is 5.69 Å².